The number of rotatable bonds is 7. The zero-order chi connectivity index (χ0) is 22.6. The summed E-state index contributed by atoms with van der Waals surface area (Å²) in [4.78, 5) is 42.4. The van der Waals surface area contributed by atoms with Gasteiger partial charge in [0.15, 0.2) is 6.61 Å². The lowest BCUT2D eigenvalue weighted by Gasteiger charge is -2.20. The zero-order valence-electron chi connectivity index (χ0n) is 16.3. The monoisotopic (exact) mass is 442 g/mol. The van der Waals surface area contributed by atoms with Gasteiger partial charge in [-0.2, -0.15) is 28.3 Å². The number of carbonyl (C=O) groups is 2. The van der Waals surface area contributed by atoms with Crippen LogP contribution >= 0.6 is 0 Å². The first-order chi connectivity index (χ1) is 14.7. The van der Waals surface area contributed by atoms with E-state index in [-0.39, 0.29) is 18.1 Å². The summed E-state index contributed by atoms with van der Waals surface area (Å²) in [6.45, 7) is -1.51. The zero-order valence-corrected chi connectivity index (χ0v) is 16.3. The Bertz CT molecular complexity index is 958. The van der Waals surface area contributed by atoms with Gasteiger partial charge >= 0.3 is 12.3 Å². The van der Waals surface area contributed by atoms with Crippen molar-refractivity contribution in [2.24, 2.45) is 0 Å². The van der Waals surface area contributed by atoms with Gasteiger partial charge in [-0.05, 0) is 6.07 Å². The number of alkyl halides is 3. The number of amides is 2. The molecule has 0 spiro atoms. The minimum Gasteiger partial charge on any atom is -0.468 e. The van der Waals surface area contributed by atoms with Crippen molar-refractivity contribution < 1.29 is 41.9 Å². The number of para-hydroxylation sites is 1. The van der Waals surface area contributed by atoms with E-state index in [9.17, 15) is 22.8 Å². The lowest BCUT2D eigenvalue weighted by atomic mass is 10.1. The first kappa shape index (κ1) is 22.2. The van der Waals surface area contributed by atoms with Crippen molar-refractivity contribution in [3.8, 4) is 5.88 Å². The Balaban J connectivity index is 1.68. The first-order valence-corrected chi connectivity index (χ1v) is 8.75. The molecule has 166 valence electrons. The number of nitrogens with zero attached hydrogens (tertiary/aromatic N) is 4. The third-order valence-corrected chi connectivity index (χ3v) is 3.94. The van der Waals surface area contributed by atoms with E-state index in [1.54, 1.807) is 24.3 Å². The number of ether oxygens (including phenoxy) is 2. The van der Waals surface area contributed by atoms with Gasteiger partial charge in [0.05, 0.1) is 26.3 Å². The number of halogens is 3. The number of hydrogen-bond acceptors (Lipinski definition) is 8. The number of aromatic nitrogens is 2. The minimum absolute atomic E-state index is 0.0414. The van der Waals surface area contributed by atoms with Crippen LogP contribution < -0.4 is 9.80 Å². The van der Waals surface area contributed by atoms with E-state index in [0.717, 1.165) is 16.2 Å². The third kappa shape index (κ3) is 5.58. The van der Waals surface area contributed by atoms with Gasteiger partial charge < -0.3 is 9.47 Å². The second-order valence-corrected chi connectivity index (χ2v) is 6.07. The van der Waals surface area contributed by atoms with Crippen LogP contribution in [0.3, 0.4) is 0 Å². The summed E-state index contributed by atoms with van der Waals surface area (Å²) in [6.07, 6.45) is -5.26. The van der Waals surface area contributed by atoms with Crippen molar-refractivity contribution in [3.63, 3.8) is 0 Å². The summed E-state index contributed by atoms with van der Waals surface area (Å²) in [5.74, 6) is -0.896. The normalized spacial score (nSPS) is 15.4. The van der Waals surface area contributed by atoms with Gasteiger partial charge in [0.2, 0.25) is 12.1 Å². The van der Waals surface area contributed by atoms with Gasteiger partial charge in [-0.1, -0.05) is 18.2 Å². The summed E-state index contributed by atoms with van der Waals surface area (Å²) < 4.78 is 46.0. The predicted molar refractivity (Wildman–Crippen MR) is 96.3 cm³/mol. The fraction of sp³-hybridized carbons (Fsp3) is 0.333. The molecular formula is C18H17F3N4O6. The van der Waals surface area contributed by atoms with Crippen LogP contribution in [0, 0.1) is 0 Å². The predicted octanol–water partition coefficient (Wildman–Crippen LogP) is 2.57. The van der Waals surface area contributed by atoms with E-state index in [2.05, 4.69) is 19.4 Å². The fourth-order valence-electron chi connectivity index (χ4n) is 2.60. The number of hydroxylamine groups is 3. The van der Waals surface area contributed by atoms with Gasteiger partial charge in [0.1, 0.15) is 5.82 Å². The number of methoxy groups -OCH3 is 1. The Morgan fingerprint density at radius 3 is 2.65 bits per heavy atom. The standard InChI is InChI=1S/C18H17F3N4O6/c1-28-17(27)24(29-2)12-6-4-3-5-11(12)16-25(31-16)15(26)9-13-22-8-7-14(23-13)30-10-18(19,20)21/h3-8,16H,9-10H2,1-2H3. The molecule has 1 aromatic carbocycles. The molecule has 1 aliphatic heterocycles. The second-order valence-electron chi connectivity index (χ2n) is 6.07. The summed E-state index contributed by atoms with van der Waals surface area (Å²) in [6, 6.07) is 7.69. The molecule has 1 aromatic heterocycles. The van der Waals surface area contributed by atoms with E-state index >= 15 is 0 Å². The topological polar surface area (TPSA) is 106 Å². The maximum atomic E-state index is 12.5. The van der Waals surface area contributed by atoms with E-state index < -0.39 is 31.0 Å². The molecule has 2 heterocycles. The molecule has 13 heteroatoms. The summed E-state index contributed by atoms with van der Waals surface area (Å²) in [7, 11) is 2.46. The van der Waals surface area contributed by atoms with Crippen LogP contribution in [0.15, 0.2) is 36.5 Å². The van der Waals surface area contributed by atoms with Crippen LogP contribution in [0.5, 0.6) is 5.88 Å². The lowest BCUT2D eigenvalue weighted by Crippen LogP contribution is -2.30. The van der Waals surface area contributed by atoms with Crippen LogP contribution in [0.1, 0.15) is 17.6 Å². The Kier molecular flexibility index (Phi) is 6.56. The molecule has 0 saturated carbocycles. The average Bonchev–Trinajstić information content (AvgIpc) is 3.54. The number of hydrogen-bond donors (Lipinski definition) is 0. The molecular weight excluding hydrogens is 425 g/mol. The van der Waals surface area contributed by atoms with Gasteiger partial charge in [-0.25, -0.2) is 14.6 Å². The number of benzene rings is 1. The van der Waals surface area contributed by atoms with Crippen molar-refractivity contribution in [2.45, 2.75) is 18.8 Å². The van der Waals surface area contributed by atoms with Crippen molar-refractivity contribution in [3.05, 3.63) is 47.9 Å². The highest BCUT2D eigenvalue weighted by Crippen LogP contribution is 2.42. The summed E-state index contributed by atoms with van der Waals surface area (Å²) in [5, 5.41) is 1.92. The van der Waals surface area contributed by atoms with Crippen LogP contribution in [0.2, 0.25) is 0 Å². The molecule has 0 aliphatic carbocycles. The van der Waals surface area contributed by atoms with E-state index in [1.165, 1.54) is 20.4 Å². The third-order valence-electron chi connectivity index (χ3n) is 3.94. The van der Waals surface area contributed by atoms with Crippen molar-refractivity contribution >= 4 is 17.7 Å². The SMILES string of the molecule is COC(=O)N(OC)c1ccccc1C1ON1C(=O)Cc1nccc(OCC(F)(F)F)n1. The van der Waals surface area contributed by atoms with Crippen LogP contribution in [-0.4, -0.2) is 54.0 Å². The molecule has 10 nitrogen and oxygen atoms in total. The molecule has 2 aromatic rings. The van der Waals surface area contributed by atoms with E-state index in [4.69, 9.17) is 9.68 Å². The molecule has 2 amide bonds. The molecule has 0 N–H and O–H groups in total. The van der Waals surface area contributed by atoms with Gasteiger partial charge in [0.25, 0.3) is 5.91 Å². The molecule has 1 unspecified atom stereocenters. The highest BCUT2D eigenvalue weighted by atomic mass is 19.4. The Labute approximate surface area is 174 Å². The van der Waals surface area contributed by atoms with Crippen LogP contribution in [0.25, 0.3) is 0 Å². The van der Waals surface area contributed by atoms with Gasteiger partial charge in [0, 0.05) is 17.8 Å². The minimum atomic E-state index is -4.52. The van der Waals surface area contributed by atoms with Gasteiger partial charge in [-0.15, -0.1) is 0 Å². The van der Waals surface area contributed by atoms with Crippen LogP contribution in [0.4, 0.5) is 23.7 Å². The molecule has 3 rings (SSSR count). The molecule has 0 bridgehead atoms. The average molecular weight is 442 g/mol. The summed E-state index contributed by atoms with van der Waals surface area (Å²) >= 11 is 0. The van der Waals surface area contributed by atoms with E-state index in [1.807, 2.05) is 0 Å². The molecule has 1 fully saturated rings. The highest BCUT2D eigenvalue weighted by Gasteiger charge is 2.45. The highest BCUT2D eigenvalue weighted by molar-refractivity contribution is 5.87. The quantitative estimate of drug-likeness (QED) is 0.476. The smallest absolute Gasteiger partial charge is 0.438 e. The van der Waals surface area contributed by atoms with Crippen LogP contribution in [-0.2, 0) is 25.6 Å². The molecule has 1 atom stereocenters. The van der Waals surface area contributed by atoms with Crippen molar-refractivity contribution in [1.29, 1.82) is 0 Å². The molecule has 0 radical (unpaired) electrons. The first-order valence-electron chi connectivity index (χ1n) is 8.75. The largest absolute Gasteiger partial charge is 0.468 e. The summed E-state index contributed by atoms with van der Waals surface area (Å²) in [5.41, 5.74) is 0.752. The van der Waals surface area contributed by atoms with Gasteiger partial charge in [-0.3, -0.25) is 9.63 Å². The Morgan fingerprint density at radius 1 is 1.23 bits per heavy atom. The van der Waals surface area contributed by atoms with Crippen molar-refractivity contribution in [1.82, 2.24) is 15.0 Å². The second kappa shape index (κ2) is 9.14. The van der Waals surface area contributed by atoms with Crippen molar-refractivity contribution in [2.75, 3.05) is 25.9 Å². The molecule has 31 heavy (non-hydrogen) atoms. The Morgan fingerprint density at radius 2 is 1.97 bits per heavy atom. The Hall–Kier alpha value is -3.45. The number of carbonyl (C=O) groups excluding carboxylic acids is 2. The maximum absolute atomic E-state index is 12.5. The fourth-order valence-corrected chi connectivity index (χ4v) is 2.60. The molecule has 1 aliphatic rings. The van der Waals surface area contributed by atoms with E-state index in [0.29, 0.717) is 11.3 Å². The molecule has 1 saturated heterocycles. The maximum Gasteiger partial charge on any atom is 0.438 e. The lowest BCUT2D eigenvalue weighted by molar-refractivity contribution is -0.154. The number of anilines is 1.